The van der Waals surface area contributed by atoms with E-state index in [1.165, 1.54) is 6.07 Å². The van der Waals surface area contributed by atoms with E-state index in [1.807, 2.05) is 24.3 Å². The molecule has 2 amide bonds. The molecule has 55 heavy (non-hydrogen) atoms. The van der Waals surface area contributed by atoms with Crippen molar-refractivity contribution >= 4 is 34.8 Å². The van der Waals surface area contributed by atoms with Crippen LogP contribution in [0, 0.1) is 17.8 Å². The minimum absolute atomic E-state index is 0.0177. The lowest BCUT2D eigenvalue weighted by Gasteiger charge is -2.42. The molecule has 9 rings (SSSR count). The number of nitrogens with two attached hydrogens (primary N) is 1. The van der Waals surface area contributed by atoms with Gasteiger partial charge in [-0.15, -0.1) is 0 Å². The molecule has 0 bridgehead atoms. The van der Waals surface area contributed by atoms with Crippen LogP contribution in [0.15, 0.2) is 94.9 Å². The number of carbonyl (C=O) groups excluding carboxylic acids is 3. The fraction of sp³-hybridized carbons (Fsp3) is 0.268. The number of ether oxygens (including phenoxy) is 2. The number of hydrazine groups is 1. The number of aliphatic carboxylic acids is 1. The van der Waals surface area contributed by atoms with Crippen molar-refractivity contribution in [2.24, 2.45) is 23.6 Å². The van der Waals surface area contributed by atoms with Crippen molar-refractivity contribution in [3.63, 3.8) is 0 Å². The van der Waals surface area contributed by atoms with E-state index in [0.29, 0.717) is 28.9 Å². The zero-order valence-electron chi connectivity index (χ0n) is 29.5. The molecular weight excluding hydrogens is 710 g/mol. The highest BCUT2D eigenvalue weighted by atomic mass is 16.7. The molecule has 6 aliphatic rings. The number of amides is 2. The van der Waals surface area contributed by atoms with Gasteiger partial charge in [-0.25, -0.2) is 5.84 Å². The number of aromatic hydroxyl groups is 2. The predicted molar refractivity (Wildman–Crippen MR) is 195 cm³/mol. The number of carboxylic acids is 1. The summed E-state index contributed by atoms with van der Waals surface area (Å²) in [4.78, 5) is 50.8. The van der Waals surface area contributed by atoms with Crippen LogP contribution in [0.25, 0.3) is 5.57 Å². The van der Waals surface area contributed by atoms with Crippen LogP contribution in [0.1, 0.15) is 69.7 Å². The SMILES string of the molecule is CC1=CC2C=C3CC4OCOc5c6c(c(O)c(c54)C3=C(O)C2C(=O)N1N)CC1=C(C6=O)C(O)CCC1C(=O)O.O=C(Nc1ccccc1)c1ccccc1O. The number of nitrogens with one attached hydrogen (secondary N) is 1. The first kappa shape index (κ1) is 35.8. The first-order chi connectivity index (χ1) is 26.4. The Balaban J connectivity index is 0.000000224. The summed E-state index contributed by atoms with van der Waals surface area (Å²) in [7, 11) is 0. The van der Waals surface area contributed by atoms with Crippen molar-refractivity contribution in [1.82, 2.24) is 5.01 Å². The number of aliphatic hydroxyl groups is 2. The summed E-state index contributed by atoms with van der Waals surface area (Å²) < 4.78 is 11.7. The quantitative estimate of drug-likeness (QED) is 0.142. The Hall–Kier alpha value is -6.22. The summed E-state index contributed by atoms with van der Waals surface area (Å²) in [5.41, 5.74) is 3.60. The molecular formula is C41H37N3O11. The van der Waals surface area contributed by atoms with E-state index in [0.717, 1.165) is 5.01 Å². The third-order valence-corrected chi connectivity index (χ3v) is 11.1. The van der Waals surface area contributed by atoms with Crippen LogP contribution in [-0.4, -0.2) is 67.0 Å². The van der Waals surface area contributed by atoms with Crippen molar-refractivity contribution in [2.75, 3.05) is 12.1 Å². The van der Waals surface area contributed by atoms with Gasteiger partial charge in [0, 0.05) is 51.6 Å². The molecule has 14 heteroatoms. The van der Waals surface area contributed by atoms with E-state index in [2.05, 4.69) is 5.32 Å². The molecule has 3 aromatic carbocycles. The number of ketones is 1. The van der Waals surface area contributed by atoms with Gasteiger partial charge in [0.2, 0.25) is 0 Å². The average molecular weight is 748 g/mol. The van der Waals surface area contributed by atoms with Gasteiger partial charge in [-0.1, -0.05) is 42.5 Å². The topological polar surface area (TPSA) is 229 Å². The number of phenolic OH excluding ortho intramolecular Hbond substituents is 2. The molecule has 0 fully saturated rings. The van der Waals surface area contributed by atoms with Crippen molar-refractivity contribution < 1.29 is 54.2 Å². The summed E-state index contributed by atoms with van der Waals surface area (Å²) in [5, 5.41) is 57.0. The van der Waals surface area contributed by atoms with Gasteiger partial charge in [-0.2, -0.15) is 0 Å². The highest BCUT2D eigenvalue weighted by Gasteiger charge is 2.49. The monoisotopic (exact) mass is 747 g/mol. The Kier molecular flexibility index (Phi) is 8.83. The molecule has 0 saturated heterocycles. The fourth-order valence-electron chi connectivity index (χ4n) is 8.55. The van der Waals surface area contributed by atoms with Gasteiger partial charge < -0.3 is 40.3 Å². The van der Waals surface area contributed by atoms with Crippen LogP contribution in [0.3, 0.4) is 0 Å². The van der Waals surface area contributed by atoms with E-state index in [-0.39, 0.29) is 93.9 Å². The minimum Gasteiger partial charge on any atom is -0.511 e. The van der Waals surface area contributed by atoms with E-state index in [9.17, 15) is 44.7 Å². The smallest absolute Gasteiger partial charge is 0.310 e. The number of rotatable bonds is 3. The number of nitrogens with zero attached hydrogens (tertiary/aromatic N) is 1. The van der Waals surface area contributed by atoms with Crippen LogP contribution in [0.4, 0.5) is 5.69 Å². The number of hydrogen-bond donors (Lipinski definition) is 7. The van der Waals surface area contributed by atoms with E-state index < -0.39 is 47.6 Å². The average Bonchev–Trinajstić information content (AvgIpc) is 3.16. The largest absolute Gasteiger partial charge is 0.511 e. The molecule has 4 aliphatic carbocycles. The lowest BCUT2D eigenvalue weighted by molar-refractivity contribution is -0.141. The Morgan fingerprint density at radius 3 is 2.42 bits per heavy atom. The molecule has 5 unspecified atom stereocenters. The number of para-hydroxylation sites is 2. The van der Waals surface area contributed by atoms with Gasteiger partial charge in [0.25, 0.3) is 11.8 Å². The maximum Gasteiger partial charge on any atom is 0.310 e. The number of allylic oxidation sites excluding steroid dienone is 4. The molecule has 3 aromatic rings. The third-order valence-electron chi connectivity index (χ3n) is 11.1. The van der Waals surface area contributed by atoms with Crippen LogP contribution in [-0.2, 0) is 20.7 Å². The number of aliphatic hydroxyl groups excluding tert-OH is 2. The number of hydrogen-bond acceptors (Lipinski definition) is 11. The molecule has 0 aromatic heterocycles. The van der Waals surface area contributed by atoms with Crippen molar-refractivity contribution in [1.29, 1.82) is 0 Å². The normalized spacial score (nSPS) is 24.7. The molecule has 0 saturated carbocycles. The zero-order valence-corrected chi connectivity index (χ0v) is 29.5. The molecule has 2 aliphatic heterocycles. The summed E-state index contributed by atoms with van der Waals surface area (Å²) in [5.74, 6) is 0.639. The Morgan fingerprint density at radius 2 is 1.69 bits per heavy atom. The fourth-order valence-corrected chi connectivity index (χ4v) is 8.55. The first-order valence-electron chi connectivity index (χ1n) is 17.8. The lowest BCUT2D eigenvalue weighted by atomic mass is 9.67. The summed E-state index contributed by atoms with van der Waals surface area (Å²) >= 11 is 0. The second-order valence-electron chi connectivity index (χ2n) is 14.2. The molecule has 0 radical (unpaired) electrons. The van der Waals surface area contributed by atoms with Crippen LogP contribution >= 0.6 is 0 Å². The van der Waals surface area contributed by atoms with Gasteiger partial charge >= 0.3 is 5.97 Å². The van der Waals surface area contributed by atoms with Crippen LogP contribution in [0.2, 0.25) is 0 Å². The minimum atomic E-state index is -1.12. The van der Waals surface area contributed by atoms with Gasteiger partial charge in [-0.05, 0) is 61.6 Å². The standard InChI is InChI=1S/C28H26N2O9.C13H11NO2/c1-9-4-10-5-11-6-16-21-22(17(11)24(33)18(10)27(35)30(9)29)23(32)14-7-13-12(28(36)37)2-3-15(31)19(13)25(34)20(14)26(21)39-8-38-16;15-12-9-5-4-8-11(12)13(16)14-10-6-2-1-3-7-10/h4-5,10,12,15-16,18,31-33H,2-3,6-8,29H2,1H3,(H,36,37);1-9,15H,(H,14,16). The van der Waals surface area contributed by atoms with Gasteiger partial charge in [0.1, 0.15) is 28.9 Å². The molecule has 8 N–H and O–H groups in total. The van der Waals surface area contributed by atoms with Crippen LogP contribution in [0.5, 0.6) is 17.2 Å². The zero-order chi connectivity index (χ0) is 38.9. The third kappa shape index (κ3) is 5.77. The van der Waals surface area contributed by atoms with Crippen LogP contribution < -0.4 is 15.9 Å². The summed E-state index contributed by atoms with van der Waals surface area (Å²) in [6.45, 7) is 1.55. The summed E-state index contributed by atoms with van der Waals surface area (Å²) in [6, 6.07) is 15.6. The number of phenols is 2. The lowest BCUT2D eigenvalue weighted by Crippen LogP contribution is -2.47. The van der Waals surface area contributed by atoms with E-state index in [1.54, 1.807) is 43.3 Å². The second kappa shape index (κ2) is 13.6. The number of carbonyl (C=O) groups is 4. The molecule has 2 heterocycles. The number of fused-ring (bicyclic) bond motifs is 5. The van der Waals surface area contributed by atoms with Crippen molar-refractivity contribution in [3.8, 4) is 17.2 Å². The number of carboxylic acid groups (broad SMARTS) is 1. The van der Waals surface area contributed by atoms with Crippen molar-refractivity contribution in [2.45, 2.75) is 44.8 Å². The van der Waals surface area contributed by atoms with Crippen molar-refractivity contribution in [3.05, 3.63) is 123 Å². The highest BCUT2D eigenvalue weighted by Crippen LogP contribution is 2.59. The predicted octanol–water partition coefficient (Wildman–Crippen LogP) is 4.80. The first-order valence-corrected chi connectivity index (χ1v) is 17.8. The van der Waals surface area contributed by atoms with Gasteiger partial charge in [-0.3, -0.25) is 24.2 Å². The number of Topliss-reactive ketones (excluding diaryl/α,β-unsaturated/α-hetero) is 1. The maximum absolute atomic E-state index is 13.8. The molecule has 0 spiro atoms. The van der Waals surface area contributed by atoms with Gasteiger partial charge in [0.05, 0.1) is 29.3 Å². The Bertz CT molecular complexity index is 2330. The second-order valence-corrected chi connectivity index (χ2v) is 14.2. The Labute approximate surface area is 314 Å². The Morgan fingerprint density at radius 1 is 0.964 bits per heavy atom. The molecule has 282 valence electrons. The van der Waals surface area contributed by atoms with Gasteiger partial charge in [0.15, 0.2) is 12.6 Å². The number of anilines is 1. The maximum atomic E-state index is 13.8. The molecule has 5 atom stereocenters. The molecule has 14 nitrogen and oxygen atoms in total. The number of benzene rings is 3. The highest BCUT2D eigenvalue weighted by molar-refractivity contribution is 6.16. The van der Waals surface area contributed by atoms with E-state index >= 15 is 0 Å². The van der Waals surface area contributed by atoms with E-state index in [4.69, 9.17) is 15.3 Å². The summed E-state index contributed by atoms with van der Waals surface area (Å²) in [6.07, 6.45) is 2.48.